The monoisotopic (exact) mass is 398 g/mol. The second-order valence-corrected chi connectivity index (χ2v) is 7.46. The number of piperazine rings is 1. The van der Waals surface area contributed by atoms with Crippen molar-refractivity contribution in [2.24, 2.45) is 0 Å². The van der Waals surface area contributed by atoms with Crippen LogP contribution in [0.1, 0.15) is 27.2 Å². The summed E-state index contributed by atoms with van der Waals surface area (Å²) in [5.74, 6) is -1.65. The van der Waals surface area contributed by atoms with E-state index in [0.29, 0.717) is 28.6 Å². The van der Waals surface area contributed by atoms with Crippen molar-refractivity contribution in [3.05, 3.63) is 16.0 Å². The van der Waals surface area contributed by atoms with Gasteiger partial charge in [-0.3, -0.25) is 14.4 Å². The molecule has 1 fully saturated rings. The van der Waals surface area contributed by atoms with Crippen molar-refractivity contribution in [1.29, 1.82) is 0 Å². The average molecular weight is 398 g/mol. The summed E-state index contributed by atoms with van der Waals surface area (Å²) in [5.41, 5.74) is 1.10. The van der Waals surface area contributed by atoms with Gasteiger partial charge in [-0.2, -0.15) is 0 Å². The Balaban J connectivity index is 2.12. The first-order valence-electron chi connectivity index (χ1n) is 8.45. The Morgan fingerprint density at radius 2 is 1.96 bits per heavy atom. The fourth-order valence-electron chi connectivity index (χ4n) is 2.97. The molecule has 2 amide bonds. The van der Waals surface area contributed by atoms with Gasteiger partial charge in [0.15, 0.2) is 12.6 Å². The molecule has 0 aliphatic carbocycles. The molecule has 1 saturated heterocycles. The highest BCUT2D eigenvalue weighted by molar-refractivity contribution is 7.16. The standard InChI is InChI=1S/C17H23N3O6S/c1-9-10(2)27-16(14(9)17(24)26-4)19-12(21)8-20-6-5-18-15(23)11(20)7-13(22)25-3/h11H,5-8H2,1-4H3,(H,18,23)(H,19,21)/p+1/t11-/m1/s1. The summed E-state index contributed by atoms with van der Waals surface area (Å²) in [5, 5.41) is 5.87. The maximum absolute atomic E-state index is 12.5. The molecule has 0 bridgehead atoms. The Morgan fingerprint density at radius 3 is 2.59 bits per heavy atom. The highest BCUT2D eigenvalue weighted by Crippen LogP contribution is 2.32. The summed E-state index contributed by atoms with van der Waals surface area (Å²) in [6.07, 6.45) is -0.102. The maximum Gasteiger partial charge on any atom is 0.341 e. The number of amides is 2. The number of hydrogen-bond acceptors (Lipinski definition) is 7. The van der Waals surface area contributed by atoms with Gasteiger partial charge in [0.1, 0.15) is 11.4 Å². The molecule has 0 aromatic carbocycles. The molecule has 2 rings (SSSR count). The first kappa shape index (κ1) is 20.8. The van der Waals surface area contributed by atoms with Crippen molar-refractivity contribution in [3.63, 3.8) is 0 Å². The Labute approximate surface area is 161 Å². The number of quaternary nitrogens is 1. The molecule has 1 aromatic heterocycles. The number of hydrogen-bond donors (Lipinski definition) is 3. The summed E-state index contributed by atoms with van der Waals surface area (Å²) >= 11 is 1.30. The Morgan fingerprint density at radius 1 is 1.26 bits per heavy atom. The molecular formula is C17H24N3O6S+. The molecule has 1 aliphatic rings. The van der Waals surface area contributed by atoms with E-state index in [0.717, 1.165) is 10.4 Å². The van der Waals surface area contributed by atoms with Crippen LogP contribution in [0.2, 0.25) is 0 Å². The van der Waals surface area contributed by atoms with Crippen LogP contribution in [-0.2, 0) is 23.9 Å². The molecular weight excluding hydrogens is 374 g/mol. The zero-order valence-corrected chi connectivity index (χ0v) is 16.6. The lowest BCUT2D eigenvalue weighted by Gasteiger charge is -2.30. The summed E-state index contributed by atoms with van der Waals surface area (Å²) in [4.78, 5) is 49.8. The summed E-state index contributed by atoms with van der Waals surface area (Å²) in [6, 6.07) is -0.691. The average Bonchev–Trinajstić information content (AvgIpc) is 2.90. The number of thiophene rings is 1. The van der Waals surface area contributed by atoms with Crippen LogP contribution >= 0.6 is 11.3 Å². The minimum Gasteiger partial charge on any atom is -0.469 e. The summed E-state index contributed by atoms with van der Waals surface area (Å²) in [7, 11) is 2.54. The fourth-order valence-corrected chi connectivity index (χ4v) is 4.03. The number of anilines is 1. The van der Waals surface area contributed by atoms with E-state index in [-0.39, 0.29) is 24.8 Å². The Bertz CT molecular complexity index is 760. The van der Waals surface area contributed by atoms with Crippen molar-refractivity contribution in [2.75, 3.05) is 39.2 Å². The lowest BCUT2D eigenvalue weighted by atomic mass is 10.1. The number of esters is 2. The number of ether oxygens (including phenoxy) is 2. The lowest BCUT2D eigenvalue weighted by molar-refractivity contribution is -0.909. The predicted molar refractivity (Wildman–Crippen MR) is 97.9 cm³/mol. The largest absolute Gasteiger partial charge is 0.469 e. The number of methoxy groups -OCH3 is 2. The SMILES string of the molecule is COC(=O)C[C@@H]1C(=O)NCC[NH+]1CC(=O)Nc1sc(C)c(C)c1C(=O)OC. The number of carbonyl (C=O) groups is 4. The van der Waals surface area contributed by atoms with E-state index in [1.807, 2.05) is 6.92 Å². The van der Waals surface area contributed by atoms with Crippen LogP contribution in [0.3, 0.4) is 0 Å². The van der Waals surface area contributed by atoms with Gasteiger partial charge in [-0.05, 0) is 19.4 Å². The normalized spacial score (nSPS) is 19.2. The quantitative estimate of drug-likeness (QED) is 0.532. The second kappa shape index (κ2) is 8.96. The third kappa shape index (κ3) is 4.83. The first-order valence-corrected chi connectivity index (χ1v) is 9.27. The molecule has 1 aromatic rings. The van der Waals surface area contributed by atoms with Crippen molar-refractivity contribution in [1.82, 2.24) is 5.32 Å². The van der Waals surface area contributed by atoms with E-state index in [4.69, 9.17) is 4.74 Å². The van der Waals surface area contributed by atoms with Crippen LogP contribution in [-0.4, -0.2) is 63.6 Å². The molecule has 1 aliphatic heterocycles. The number of carbonyl (C=O) groups excluding carboxylic acids is 4. The van der Waals surface area contributed by atoms with E-state index in [9.17, 15) is 19.2 Å². The molecule has 0 radical (unpaired) electrons. The second-order valence-electron chi connectivity index (χ2n) is 6.24. The molecule has 1 unspecified atom stereocenters. The van der Waals surface area contributed by atoms with Gasteiger partial charge in [0.25, 0.3) is 11.8 Å². The van der Waals surface area contributed by atoms with Gasteiger partial charge in [0.2, 0.25) is 0 Å². The highest BCUT2D eigenvalue weighted by atomic mass is 32.1. The summed E-state index contributed by atoms with van der Waals surface area (Å²) < 4.78 is 9.43. The minimum atomic E-state index is -0.691. The van der Waals surface area contributed by atoms with Crippen LogP contribution < -0.4 is 15.5 Å². The van der Waals surface area contributed by atoms with Crippen LogP contribution in [0.4, 0.5) is 5.00 Å². The smallest absolute Gasteiger partial charge is 0.341 e. The molecule has 27 heavy (non-hydrogen) atoms. The molecule has 148 valence electrons. The molecule has 2 heterocycles. The van der Waals surface area contributed by atoms with Gasteiger partial charge in [-0.15, -0.1) is 11.3 Å². The van der Waals surface area contributed by atoms with Crippen LogP contribution in [0, 0.1) is 13.8 Å². The molecule has 3 N–H and O–H groups in total. The molecule has 0 spiro atoms. The minimum absolute atomic E-state index is 0.00825. The number of aryl methyl sites for hydroxylation is 1. The van der Waals surface area contributed by atoms with Gasteiger partial charge in [0, 0.05) is 4.88 Å². The predicted octanol–water partition coefficient (Wildman–Crippen LogP) is -0.964. The number of nitrogens with one attached hydrogen (secondary N) is 3. The third-order valence-corrected chi connectivity index (χ3v) is 5.69. The van der Waals surface area contributed by atoms with Gasteiger partial charge >= 0.3 is 11.9 Å². The van der Waals surface area contributed by atoms with Crippen LogP contribution in [0.15, 0.2) is 0 Å². The van der Waals surface area contributed by atoms with Crippen molar-refractivity contribution < 1.29 is 33.6 Å². The topological polar surface area (TPSA) is 115 Å². The zero-order valence-electron chi connectivity index (χ0n) is 15.8. The van der Waals surface area contributed by atoms with Gasteiger partial charge in [0.05, 0.1) is 32.9 Å². The van der Waals surface area contributed by atoms with E-state index in [1.165, 1.54) is 25.6 Å². The first-order chi connectivity index (χ1) is 12.8. The molecule has 0 saturated carbocycles. The molecule has 2 atom stereocenters. The van der Waals surface area contributed by atoms with Crippen LogP contribution in [0.25, 0.3) is 0 Å². The van der Waals surface area contributed by atoms with Gasteiger partial charge < -0.3 is 25.0 Å². The van der Waals surface area contributed by atoms with Gasteiger partial charge in [-0.1, -0.05) is 0 Å². The Hall–Kier alpha value is -2.46. The third-order valence-electron chi connectivity index (χ3n) is 4.57. The van der Waals surface area contributed by atoms with Crippen LogP contribution in [0.5, 0.6) is 0 Å². The molecule has 10 heteroatoms. The Kier molecular flexibility index (Phi) is 6.92. The van der Waals surface area contributed by atoms with E-state index in [2.05, 4.69) is 15.4 Å². The van der Waals surface area contributed by atoms with Crippen molar-refractivity contribution >= 4 is 40.1 Å². The fraction of sp³-hybridized carbons (Fsp3) is 0.529. The summed E-state index contributed by atoms with van der Waals surface area (Å²) in [6.45, 7) is 4.57. The van der Waals surface area contributed by atoms with E-state index < -0.39 is 18.0 Å². The van der Waals surface area contributed by atoms with Crippen molar-refractivity contribution in [3.8, 4) is 0 Å². The highest BCUT2D eigenvalue weighted by Gasteiger charge is 2.37. The molecule has 9 nitrogen and oxygen atoms in total. The lowest BCUT2D eigenvalue weighted by Crippen LogP contribution is -3.20. The number of rotatable bonds is 6. The maximum atomic E-state index is 12.5. The van der Waals surface area contributed by atoms with Crippen molar-refractivity contribution in [2.45, 2.75) is 26.3 Å². The van der Waals surface area contributed by atoms with Gasteiger partial charge in [-0.25, -0.2) is 4.79 Å². The zero-order chi connectivity index (χ0) is 20.1. The van der Waals surface area contributed by atoms with E-state index in [1.54, 1.807) is 6.92 Å². The van der Waals surface area contributed by atoms with E-state index >= 15 is 0 Å².